The van der Waals surface area contributed by atoms with E-state index in [2.05, 4.69) is 37.9 Å². The van der Waals surface area contributed by atoms with Crippen LogP contribution in [-0.2, 0) is 11.3 Å². The van der Waals surface area contributed by atoms with E-state index >= 15 is 0 Å². The summed E-state index contributed by atoms with van der Waals surface area (Å²) in [6, 6.07) is 6.52. The fourth-order valence-corrected chi connectivity index (χ4v) is 2.33. The number of carbonyl (C=O) groups is 1. The summed E-state index contributed by atoms with van der Waals surface area (Å²) in [6.07, 6.45) is 0. The maximum Gasteiger partial charge on any atom is 0.234 e. The SMILES string of the molecule is CC(C)CN(CC(=O)NCc1ccccc1F)CC(C)C. The number of nitrogens with zero attached hydrogens (tertiary/aromatic N) is 1. The standard InChI is InChI=1S/C17H27FN2O/c1-13(2)10-20(11-14(3)4)12-17(21)19-9-15-7-5-6-8-16(15)18/h5-8,13-14H,9-12H2,1-4H3,(H,19,21). The largest absolute Gasteiger partial charge is 0.351 e. The molecule has 0 aromatic heterocycles. The van der Waals surface area contributed by atoms with E-state index in [4.69, 9.17) is 0 Å². The number of halogens is 1. The Balaban J connectivity index is 2.48. The van der Waals surface area contributed by atoms with Crippen LogP contribution in [0, 0.1) is 17.7 Å². The van der Waals surface area contributed by atoms with Crippen molar-refractivity contribution < 1.29 is 9.18 Å². The third-order valence-corrected chi connectivity index (χ3v) is 3.05. The van der Waals surface area contributed by atoms with Crippen LogP contribution >= 0.6 is 0 Å². The van der Waals surface area contributed by atoms with Gasteiger partial charge in [0.2, 0.25) is 5.91 Å². The van der Waals surface area contributed by atoms with Crippen molar-refractivity contribution in [1.29, 1.82) is 0 Å². The Morgan fingerprint density at radius 2 is 1.71 bits per heavy atom. The van der Waals surface area contributed by atoms with Crippen LogP contribution in [0.2, 0.25) is 0 Å². The molecule has 0 fully saturated rings. The number of carbonyl (C=O) groups excluding carboxylic acids is 1. The van der Waals surface area contributed by atoms with Crippen molar-refractivity contribution in [3.63, 3.8) is 0 Å². The Morgan fingerprint density at radius 1 is 1.14 bits per heavy atom. The van der Waals surface area contributed by atoms with Gasteiger partial charge in [0, 0.05) is 25.2 Å². The van der Waals surface area contributed by atoms with Crippen LogP contribution in [-0.4, -0.2) is 30.4 Å². The molecule has 0 saturated carbocycles. The first-order valence-electron chi connectivity index (χ1n) is 7.61. The van der Waals surface area contributed by atoms with Gasteiger partial charge in [-0.1, -0.05) is 45.9 Å². The second-order valence-electron chi connectivity index (χ2n) is 6.35. The molecule has 0 radical (unpaired) electrons. The molecule has 118 valence electrons. The lowest BCUT2D eigenvalue weighted by atomic mass is 10.1. The molecular formula is C17H27FN2O. The highest BCUT2D eigenvalue weighted by molar-refractivity contribution is 5.78. The second-order valence-corrected chi connectivity index (χ2v) is 6.35. The molecule has 4 heteroatoms. The Hall–Kier alpha value is -1.42. The highest BCUT2D eigenvalue weighted by Crippen LogP contribution is 2.06. The van der Waals surface area contributed by atoms with E-state index in [1.165, 1.54) is 6.07 Å². The van der Waals surface area contributed by atoms with E-state index < -0.39 is 0 Å². The average molecular weight is 294 g/mol. The highest BCUT2D eigenvalue weighted by Gasteiger charge is 2.13. The normalized spacial score (nSPS) is 11.4. The number of hydrogen-bond acceptors (Lipinski definition) is 2. The Bertz CT molecular complexity index is 436. The average Bonchev–Trinajstić information content (AvgIpc) is 2.36. The van der Waals surface area contributed by atoms with Crippen molar-refractivity contribution in [1.82, 2.24) is 10.2 Å². The minimum absolute atomic E-state index is 0.0560. The summed E-state index contributed by atoms with van der Waals surface area (Å²) in [5.74, 6) is 0.699. The molecule has 3 nitrogen and oxygen atoms in total. The van der Waals surface area contributed by atoms with Gasteiger partial charge in [-0.15, -0.1) is 0 Å². The zero-order valence-electron chi connectivity index (χ0n) is 13.5. The molecule has 0 aliphatic carbocycles. The molecule has 1 amide bonds. The lowest BCUT2D eigenvalue weighted by Crippen LogP contribution is -2.40. The van der Waals surface area contributed by atoms with Crippen LogP contribution in [0.1, 0.15) is 33.3 Å². The summed E-state index contributed by atoms with van der Waals surface area (Å²) >= 11 is 0. The van der Waals surface area contributed by atoms with Gasteiger partial charge >= 0.3 is 0 Å². The molecular weight excluding hydrogens is 267 g/mol. The summed E-state index contributed by atoms with van der Waals surface area (Å²) in [7, 11) is 0. The highest BCUT2D eigenvalue weighted by atomic mass is 19.1. The predicted octanol–water partition coefficient (Wildman–Crippen LogP) is 3.06. The monoisotopic (exact) mass is 294 g/mol. The molecule has 0 aliphatic heterocycles. The molecule has 1 aromatic rings. The summed E-state index contributed by atoms with van der Waals surface area (Å²) < 4.78 is 13.5. The van der Waals surface area contributed by atoms with Gasteiger partial charge in [0.05, 0.1) is 6.54 Å². The van der Waals surface area contributed by atoms with Crippen molar-refractivity contribution in [2.75, 3.05) is 19.6 Å². The van der Waals surface area contributed by atoms with Gasteiger partial charge in [-0.3, -0.25) is 9.69 Å². The third-order valence-electron chi connectivity index (χ3n) is 3.05. The molecule has 1 N–H and O–H groups in total. The van der Waals surface area contributed by atoms with Gasteiger partial charge in [-0.05, 0) is 17.9 Å². The zero-order valence-corrected chi connectivity index (χ0v) is 13.5. The fourth-order valence-electron chi connectivity index (χ4n) is 2.33. The molecule has 0 heterocycles. The van der Waals surface area contributed by atoms with E-state index in [0.29, 0.717) is 23.9 Å². The minimum Gasteiger partial charge on any atom is -0.351 e. The fraction of sp³-hybridized carbons (Fsp3) is 0.588. The van der Waals surface area contributed by atoms with E-state index in [1.54, 1.807) is 18.2 Å². The summed E-state index contributed by atoms with van der Waals surface area (Å²) in [6.45, 7) is 11.0. The van der Waals surface area contributed by atoms with Gasteiger partial charge in [-0.2, -0.15) is 0 Å². The first-order chi connectivity index (χ1) is 9.88. The topological polar surface area (TPSA) is 32.3 Å². The van der Waals surface area contributed by atoms with Crippen molar-refractivity contribution >= 4 is 5.91 Å². The van der Waals surface area contributed by atoms with Gasteiger partial charge in [0.15, 0.2) is 0 Å². The third kappa shape index (κ3) is 7.23. The van der Waals surface area contributed by atoms with Crippen molar-refractivity contribution in [2.45, 2.75) is 34.2 Å². The quantitative estimate of drug-likeness (QED) is 0.799. The number of amides is 1. The lowest BCUT2D eigenvalue weighted by Gasteiger charge is -2.25. The number of rotatable bonds is 8. The zero-order chi connectivity index (χ0) is 15.8. The molecule has 0 bridgehead atoms. The number of hydrogen-bond donors (Lipinski definition) is 1. The number of nitrogens with one attached hydrogen (secondary N) is 1. The van der Waals surface area contributed by atoms with Gasteiger partial charge < -0.3 is 5.32 Å². The summed E-state index contributed by atoms with van der Waals surface area (Å²) in [4.78, 5) is 14.2. The number of benzene rings is 1. The molecule has 0 saturated heterocycles. The summed E-state index contributed by atoms with van der Waals surface area (Å²) in [5, 5.41) is 2.80. The first kappa shape index (κ1) is 17.6. The van der Waals surface area contributed by atoms with Crippen LogP contribution in [0.25, 0.3) is 0 Å². The van der Waals surface area contributed by atoms with Crippen molar-refractivity contribution in [3.05, 3.63) is 35.6 Å². The van der Waals surface area contributed by atoms with Gasteiger partial charge in [0.1, 0.15) is 5.82 Å². The molecule has 0 unspecified atom stereocenters. The van der Waals surface area contributed by atoms with E-state index in [0.717, 1.165) is 13.1 Å². The Morgan fingerprint density at radius 3 is 2.24 bits per heavy atom. The molecule has 0 aliphatic rings. The summed E-state index contributed by atoms with van der Waals surface area (Å²) in [5.41, 5.74) is 0.519. The predicted molar refractivity (Wildman–Crippen MR) is 84.4 cm³/mol. The van der Waals surface area contributed by atoms with Crippen molar-refractivity contribution in [3.8, 4) is 0 Å². The first-order valence-corrected chi connectivity index (χ1v) is 7.61. The molecule has 1 aromatic carbocycles. The Kier molecular flexibility index (Phi) is 7.37. The van der Waals surface area contributed by atoms with Crippen molar-refractivity contribution in [2.24, 2.45) is 11.8 Å². The van der Waals surface area contributed by atoms with E-state index in [1.807, 2.05) is 0 Å². The van der Waals surface area contributed by atoms with Crippen LogP contribution in [0.3, 0.4) is 0 Å². The van der Waals surface area contributed by atoms with Crippen LogP contribution in [0.5, 0.6) is 0 Å². The Labute approximate surface area is 127 Å². The van der Waals surface area contributed by atoms with E-state index in [-0.39, 0.29) is 18.3 Å². The maximum atomic E-state index is 13.5. The van der Waals surface area contributed by atoms with Crippen LogP contribution in [0.4, 0.5) is 4.39 Å². The van der Waals surface area contributed by atoms with Gasteiger partial charge in [-0.25, -0.2) is 4.39 Å². The molecule has 0 atom stereocenters. The smallest absolute Gasteiger partial charge is 0.234 e. The van der Waals surface area contributed by atoms with E-state index in [9.17, 15) is 9.18 Å². The molecule has 0 spiro atoms. The maximum absolute atomic E-state index is 13.5. The molecule has 1 rings (SSSR count). The van der Waals surface area contributed by atoms with Gasteiger partial charge in [0.25, 0.3) is 0 Å². The second kappa shape index (κ2) is 8.78. The van der Waals surface area contributed by atoms with Crippen LogP contribution in [0.15, 0.2) is 24.3 Å². The van der Waals surface area contributed by atoms with Crippen LogP contribution < -0.4 is 5.32 Å². The minimum atomic E-state index is -0.279. The lowest BCUT2D eigenvalue weighted by molar-refractivity contribution is -0.122. The molecule has 21 heavy (non-hydrogen) atoms.